The number of anilines is 1. The van der Waals surface area contributed by atoms with Crippen LogP contribution in [-0.2, 0) is 9.59 Å². The van der Waals surface area contributed by atoms with Gasteiger partial charge in [-0.2, -0.15) is 5.26 Å². The number of hydrogen-bond donors (Lipinski definition) is 1. The van der Waals surface area contributed by atoms with E-state index in [1.54, 1.807) is 29.2 Å². The molecule has 2 amide bonds. The lowest BCUT2D eigenvalue weighted by Gasteiger charge is -2.39. The molecule has 5 nitrogen and oxygen atoms in total. The van der Waals surface area contributed by atoms with E-state index >= 15 is 0 Å². The number of amides is 2. The highest BCUT2D eigenvalue weighted by Crippen LogP contribution is 2.52. The van der Waals surface area contributed by atoms with Crippen LogP contribution in [0, 0.1) is 22.2 Å². The molecule has 1 aromatic rings. The largest absolute Gasteiger partial charge is 0.331 e. The molecule has 126 valence electrons. The van der Waals surface area contributed by atoms with E-state index in [2.05, 4.69) is 26.1 Å². The molecule has 2 atom stereocenters. The van der Waals surface area contributed by atoms with Crippen molar-refractivity contribution in [2.75, 3.05) is 11.9 Å². The number of hydrogen-bond acceptors (Lipinski definition) is 3. The zero-order valence-electron chi connectivity index (χ0n) is 14.4. The van der Waals surface area contributed by atoms with Crippen LogP contribution in [0.3, 0.4) is 0 Å². The number of nitrogens with one attached hydrogen (secondary N) is 1. The highest BCUT2D eigenvalue weighted by molar-refractivity contribution is 6.39. The minimum Gasteiger partial charge on any atom is -0.331 e. The highest BCUT2D eigenvalue weighted by atomic mass is 16.2. The van der Waals surface area contributed by atoms with E-state index in [9.17, 15) is 9.59 Å². The number of para-hydroxylation sites is 1. The molecule has 0 radical (unpaired) electrons. The lowest BCUT2D eigenvalue weighted by Crippen LogP contribution is -2.43. The van der Waals surface area contributed by atoms with Crippen molar-refractivity contribution in [1.29, 1.82) is 5.26 Å². The molecule has 2 aliphatic rings. The van der Waals surface area contributed by atoms with Crippen molar-refractivity contribution in [1.82, 2.24) is 4.90 Å². The van der Waals surface area contributed by atoms with Crippen molar-refractivity contribution < 1.29 is 9.59 Å². The number of fused-ring (bicyclic) bond motifs is 2. The maximum Gasteiger partial charge on any atom is 0.313 e. The first-order chi connectivity index (χ1) is 11.2. The summed E-state index contributed by atoms with van der Waals surface area (Å²) in [5, 5.41) is 11.7. The van der Waals surface area contributed by atoms with E-state index in [0.29, 0.717) is 17.8 Å². The van der Waals surface area contributed by atoms with E-state index in [4.69, 9.17) is 5.26 Å². The number of likely N-dealkylation sites (tertiary alicyclic amines) is 1. The van der Waals surface area contributed by atoms with E-state index in [1.165, 1.54) is 0 Å². The molecule has 1 aliphatic heterocycles. The summed E-state index contributed by atoms with van der Waals surface area (Å²) in [4.78, 5) is 26.8. The Bertz CT molecular complexity index is 734. The standard InChI is InChI=1S/C19H23N3O2/c1-18(2)8-14-9-19(3,11-18)12-22(14)17(24)16(23)21-15-7-5-4-6-13(15)10-20/h4-7,14H,8-9,11-12H2,1-3H3,(H,21,23). The van der Waals surface area contributed by atoms with Crippen molar-refractivity contribution in [2.24, 2.45) is 10.8 Å². The molecule has 1 N–H and O–H groups in total. The Morgan fingerprint density at radius 2 is 1.96 bits per heavy atom. The van der Waals surface area contributed by atoms with E-state index in [-0.39, 0.29) is 16.9 Å². The summed E-state index contributed by atoms with van der Waals surface area (Å²) in [5.74, 6) is -1.15. The number of nitriles is 1. The summed E-state index contributed by atoms with van der Waals surface area (Å²) in [6.45, 7) is 7.30. The molecule has 2 unspecified atom stereocenters. The van der Waals surface area contributed by atoms with Gasteiger partial charge in [-0.25, -0.2) is 0 Å². The maximum atomic E-state index is 12.7. The van der Waals surface area contributed by atoms with Gasteiger partial charge in [0.05, 0.1) is 11.3 Å². The van der Waals surface area contributed by atoms with Gasteiger partial charge in [-0.3, -0.25) is 9.59 Å². The van der Waals surface area contributed by atoms with Gasteiger partial charge in [-0.05, 0) is 42.2 Å². The Balaban J connectivity index is 1.75. The van der Waals surface area contributed by atoms with Crippen LogP contribution in [0.4, 0.5) is 5.69 Å². The van der Waals surface area contributed by atoms with Crippen LogP contribution in [0.5, 0.6) is 0 Å². The van der Waals surface area contributed by atoms with Crippen LogP contribution >= 0.6 is 0 Å². The molecule has 1 aromatic carbocycles. The quantitative estimate of drug-likeness (QED) is 0.807. The summed E-state index contributed by atoms with van der Waals surface area (Å²) in [7, 11) is 0. The Kier molecular flexibility index (Phi) is 3.87. The summed E-state index contributed by atoms with van der Waals surface area (Å²) in [6, 6.07) is 8.86. The van der Waals surface area contributed by atoms with Crippen LogP contribution in [0.2, 0.25) is 0 Å². The molecule has 1 saturated carbocycles. The smallest absolute Gasteiger partial charge is 0.313 e. The molecular formula is C19H23N3O2. The number of nitrogens with zero attached hydrogens (tertiary/aromatic N) is 2. The predicted octanol–water partition coefficient (Wildman–Crippen LogP) is 2.92. The van der Waals surface area contributed by atoms with Crippen LogP contribution in [0.1, 0.15) is 45.6 Å². The Labute approximate surface area is 142 Å². The SMILES string of the molecule is CC1(C)CC2CC(C)(CN2C(=O)C(=O)Nc2ccccc2C#N)C1. The third-order valence-corrected chi connectivity index (χ3v) is 5.17. The molecule has 0 aromatic heterocycles. The first-order valence-corrected chi connectivity index (χ1v) is 8.34. The maximum absolute atomic E-state index is 12.7. The van der Waals surface area contributed by atoms with Gasteiger partial charge in [0.1, 0.15) is 6.07 Å². The molecule has 3 rings (SSSR count). The molecule has 0 spiro atoms. The van der Waals surface area contributed by atoms with Crippen LogP contribution in [0.25, 0.3) is 0 Å². The first kappa shape index (κ1) is 16.5. The second kappa shape index (κ2) is 5.62. The number of carbonyl (C=O) groups excluding carboxylic acids is 2. The zero-order chi connectivity index (χ0) is 17.5. The normalized spacial score (nSPS) is 27.4. The van der Waals surface area contributed by atoms with E-state index in [1.807, 2.05) is 6.07 Å². The molecule has 2 bridgehead atoms. The fraction of sp³-hybridized carbons (Fsp3) is 0.526. The summed E-state index contributed by atoms with van der Waals surface area (Å²) < 4.78 is 0. The minimum atomic E-state index is -0.661. The summed E-state index contributed by atoms with van der Waals surface area (Å²) in [6.07, 6.45) is 2.96. The molecule has 1 saturated heterocycles. The van der Waals surface area contributed by atoms with Crippen LogP contribution in [0.15, 0.2) is 24.3 Å². The second-order valence-electron chi connectivity index (χ2n) is 8.26. The Hall–Kier alpha value is -2.35. The van der Waals surface area contributed by atoms with Crippen molar-refractivity contribution in [3.8, 4) is 6.07 Å². The van der Waals surface area contributed by atoms with Gasteiger partial charge in [-0.1, -0.05) is 32.9 Å². The van der Waals surface area contributed by atoms with Gasteiger partial charge in [0.15, 0.2) is 0 Å². The third kappa shape index (κ3) is 3.01. The van der Waals surface area contributed by atoms with Crippen molar-refractivity contribution in [2.45, 2.75) is 46.1 Å². The van der Waals surface area contributed by atoms with E-state index < -0.39 is 11.8 Å². The topological polar surface area (TPSA) is 73.2 Å². The molecule has 5 heteroatoms. The van der Waals surface area contributed by atoms with Gasteiger partial charge in [0.25, 0.3) is 0 Å². The van der Waals surface area contributed by atoms with Crippen LogP contribution in [-0.4, -0.2) is 29.3 Å². The fourth-order valence-corrected chi connectivity index (χ4v) is 4.69. The zero-order valence-corrected chi connectivity index (χ0v) is 14.4. The predicted molar refractivity (Wildman–Crippen MR) is 91.0 cm³/mol. The Morgan fingerprint density at radius 3 is 2.67 bits per heavy atom. The molecule has 2 fully saturated rings. The van der Waals surface area contributed by atoms with Crippen LogP contribution < -0.4 is 5.32 Å². The summed E-state index contributed by atoms with van der Waals surface area (Å²) in [5.41, 5.74) is 1.02. The van der Waals surface area contributed by atoms with E-state index in [0.717, 1.165) is 19.3 Å². The van der Waals surface area contributed by atoms with Gasteiger partial charge in [0.2, 0.25) is 0 Å². The van der Waals surface area contributed by atoms with Gasteiger partial charge < -0.3 is 10.2 Å². The van der Waals surface area contributed by atoms with Gasteiger partial charge >= 0.3 is 11.8 Å². The second-order valence-corrected chi connectivity index (χ2v) is 8.26. The average molecular weight is 325 g/mol. The molecular weight excluding hydrogens is 302 g/mol. The fourth-order valence-electron chi connectivity index (χ4n) is 4.69. The number of benzene rings is 1. The number of rotatable bonds is 1. The van der Waals surface area contributed by atoms with Crippen molar-refractivity contribution in [3.05, 3.63) is 29.8 Å². The number of carbonyl (C=O) groups is 2. The third-order valence-electron chi connectivity index (χ3n) is 5.17. The molecule has 24 heavy (non-hydrogen) atoms. The molecule has 1 aliphatic carbocycles. The van der Waals surface area contributed by atoms with Crippen molar-refractivity contribution in [3.63, 3.8) is 0 Å². The van der Waals surface area contributed by atoms with Crippen molar-refractivity contribution >= 4 is 17.5 Å². The van der Waals surface area contributed by atoms with Gasteiger partial charge in [0, 0.05) is 12.6 Å². The average Bonchev–Trinajstić information content (AvgIpc) is 2.76. The monoisotopic (exact) mass is 325 g/mol. The minimum absolute atomic E-state index is 0.0902. The lowest BCUT2D eigenvalue weighted by molar-refractivity contribution is -0.144. The lowest BCUT2D eigenvalue weighted by atomic mass is 9.65. The first-order valence-electron chi connectivity index (χ1n) is 8.34. The highest BCUT2D eigenvalue weighted by Gasteiger charge is 2.51. The Morgan fingerprint density at radius 1 is 1.25 bits per heavy atom. The van der Waals surface area contributed by atoms with Gasteiger partial charge in [-0.15, -0.1) is 0 Å². The molecule has 1 heterocycles. The summed E-state index contributed by atoms with van der Waals surface area (Å²) >= 11 is 0.